The lowest BCUT2D eigenvalue weighted by Crippen LogP contribution is -2.50. The number of piperidine rings is 1. The zero-order valence-electron chi connectivity index (χ0n) is 13.5. The van der Waals surface area contributed by atoms with E-state index in [0.29, 0.717) is 5.13 Å². The summed E-state index contributed by atoms with van der Waals surface area (Å²) in [4.78, 5) is 33.0. The summed E-state index contributed by atoms with van der Waals surface area (Å²) in [5.74, 6) is 0.315. The van der Waals surface area contributed by atoms with E-state index < -0.39 is 0 Å². The number of hydrogen-bond donors (Lipinski definition) is 1. The normalized spacial score (nSPS) is 21.3. The maximum absolute atomic E-state index is 12.5. The Labute approximate surface area is 140 Å². The summed E-state index contributed by atoms with van der Waals surface area (Å²) in [6.07, 6.45) is 5.53. The van der Waals surface area contributed by atoms with Crippen molar-refractivity contribution in [2.75, 3.05) is 31.5 Å². The second-order valence-corrected chi connectivity index (χ2v) is 7.24. The molecule has 0 aliphatic carbocycles. The molecule has 23 heavy (non-hydrogen) atoms. The molecule has 0 spiro atoms. The lowest BCUT2D eigenvalue weighted by molar-refractivity contribution is -0.136. The summed E-state index contributed by atoms with van der Waals surface area (Å²) in [7, 11) is 0. The summed E-state index contributed by atoms with van der Waals surface area (Å²) in [6.45, 7) is 5.40. The number of rotatable bonds is 4. The molecule has 6 nitrogen and oxygen atoms in total. The average Bonchev–Trinajstić information content (AvgIpc) is 3.27. The van der Waals surface area contributed by atoms with Gasteiger partial charge in [0, 0.05) is 30.6 Å². The molecule has 2 amide bonds. The van der Waals surface area contributed by atoms with Crippen LogP contribution in [0, 0.1) is 5.92 Å². The molecular weight excluding hydrogens is 312 g/mol. The first-order valence-electron chi connectivity index (χ1n) is 8.38. The average molecular weight is 336 g/mol. The molecule has 2 aliphatic rings. The van der Waals surface area contributed by atoms with Gasteiger partial charge in [-0.25, -0.2) is 4.98 Å². The van der Waals surface area contributed by atoms with Gasteiger partial charge in [0.05, 0.1) is 6.04 Å². The minimum absolute atomic E-state index is 0.0178. The molecule has 126 valence electrons. The lowest BCUT2D eigenvalue weighted by atomic mass is 9.95. The zero-order chi connectivity index (χ0) is 16.2. The number of nitrogens with zero attached hydrogens (tertiary/aromatic N) is 3. The molecule has 1 aromatic heterocycles. The number of amides is 2. The van der Waals surface area contributed by atoms with Gasteiger partial charge >= 0.3 is 0 Å². The number of anilines is 1. The van der Waals surface area contributed by atoms with Crippen molar-refractivity contribution in [1.82, 2.24) is 14.8 Å². The molecule has 3 rings (SSSR count). The van der Waals surface area contributed by atoms with Crippen molar-refractivity contribution >= 4 is 28.3 Å². The van der Waals surface area contributed by atoms with E-state index in [1.54, 1.807) is 6.20 Å². The number of nitrogens with one attached hydrogen (secondary N) is 1. The summed E-state index contributed by atoms with van der Waals surface area (Å²) < 4.78 is 0. The fourth-order valence-electron chi connectivity index (χ4n) is 3.40. The first-order valence-corrected chi connectivity index (χ1v) is 9.26. The summed E-state index contributed by atoms with van der Waals surface area (Å²) >= 11 is 1.44. The van der Waals surface area contributed by atoms with Crippen molar-refractivity contribution in [3.8, 4) is 0 Å². The molecule has 2 aliphatic heterocycles. The molecular formula is C16H24N4O2S. The Kier molecular flexibility index (Phi) is 5.27. The maximum atomic E-state index is 12.5. The Balaban J connectivity index is 1.47. The molecule has 1 atom stereocenters. The highest BCUT2D eigenvalue weighted by Gasteiger charge is 2.32. The number of likely N-dealkylation sites (tertiary alicyclic amines) is 2. The second kappa shape index (κ2) is 7.40. The van der Waals surface area contributed by atoms with Crippen molar-refractivity contribution in [2.45, 2.75) is 38.6 Å². The van der Waals surface area contributed by atoms with Crippen LogP contribution in [0.3, 0.4) is 0 Å². The standard InChI is InChI=1S/C16H24N4O2S/c1-12(15(22)20-7-2-3-8-20)19-9-4-13(5-10-19)14(21)18-16-17-6-11-23-16/h6,11-13H,2-5,7-10H2,1H3,(H,17,18,21). The van der Waals surface area contributed by atoms with Gasteiger partial charge in [-0.1, -0.05) is 0 Å². The quantitative estimate of drug-likeness (QED) is 0.911. The smallest absolute Gasteiger partial charge is 0.239 e. The fraction of sp³-hybridized carbons (Fsp3) is 0.688. The Bertz CT molecular complexity index is 534. The third-order valence-electron chi connectivity index (χ3n) is 4.89. The highest BCUT2D eigenvalue weighted by Crippen LogP contribution is 2.22. The van der Waals surface area contributed by atoms with E-state index in [0.717, 1.165) is 51.9 Å². The second-order valence-electron chi connectivity index (χ2n) is 6.35. The number of thiazole rings is 1. The minimum Gasteiger partial charge on any atom is -0.341 e. The van der Waals surface area contributed by atoms with Crippen molar-refractivity contribution in [1.29, 1.82) is 0 Å². The van der Waals surface area contributed by atoms with Gasteiger partial charge in [0.25, 0.3) is 0 Å². The van der Waals surface area contributed by atoms with Crippen LogP contribution in [0.15, 0.2) is 11.6 Å². The maximum Gasteiger partial charge on any atom is 0.239 e. The van der Waals surface area contributed by atoms with Gasteiger partial charge in [-0.3, -0.25) is 14.5 Å². The van der Waals surface area contributed by atoms with Crippen molar-refractivity contribution < 1.29 is 9.59 Å². The van der Waals surface area contributed by atoms with Crippen LogP contribution in [-0.2, 0) is 9.59 Å². The van der Waals surface area contributed by atoms with Crippen LogP contribution in [0.4, 0.5) is 5.13 Å². The Hall–Kier alpha value is -1.47. The van der Waals surface area contributed by atoms with Crippen LogP contribution >= 0.6 is 11.3 Å². The fourth-order valence-corrected chi connectivity index (χ4v) is 3.93. The summed E-state index contributed by atoms with van der Waals surface area (Å²) in [6, 6.07) is -0.0731. The van der Waals surface area contributed by atoms with Gasteiger partial charge in [0.15, 0.2) is 5.13 Å². The molecule has 2 fully saturated rings. The van der Waals surface area contributed by atoms with Crippen LogP contribution in [0.1, 0.15) is 32.6 Å². The largest absolute Gasteiger partial charge is 0.341 e. The van der Waals surface area contributed by atoms with E-state index in [1.807, 2.05) is 17.2 Å². The van der Waals surface area contributed by atoms with E-state index in [-0.39, 0.29) is 23.8 Å². The van der Waals surface area contributed by atoms with Crippen molar-refractivity contribution in [3.05, 3.63) is 11.6 Å². The number of aromatic nitrogens is 1. The van der Waals surface area contributed by atoms with Crippen LogP contribution in [0.5, 0.6) is 0 Å². The van der Waals surface area contributed by atoms with E-state index in [9.17, 15) is 9.59 Å². The molecule has 0 radical (unpaired) electrons. The minimum atomic E-state index is -0.0731. The van der Waals surface area contributed by atoms with Gasteiger partial charge in [-0.2, -0.15) is 0 Å². The molecule has 0 saturated carbocycles. The Morgan fingerprint density at radius 2 is 1.96 bits per heavy atom. The highest BCUT2D eigenvalue weighted by atomic mass is 32.1. The predicted octanol–water partition coefficient (Wildman–Crippen LogP) is 1.80. The van der Waals surface area contributed by atoms with E-state index in [1.165, 1.54) is 11.3 Å². The molecule has 0 aromatic carbocycles. The van der Waals surface area contributed by atoms with Crippen molar-refractivity contribution in [3.63, 3.8) is 0 Å². The van der Waals surface area contributed by atoms with E-state index in [2.05, 4.69) is 15.2 Å². The lowest BCUT2D eigenvalue weighted by Gasteiger charge is -2.36. The third-order valence-corrected chi connectivity index (χ3v) is 5.57. The highest BCUT2D eigenvalue weighted by molar-refractivity contribution is 7.13. The van der Waals surface area contributed by atoms with Crippen LogP contribution < -0.4 is 5.32 Å². The van der Waals surface area contributed by atoms with Crippen LogP contribution in [0.25, 0.3) is 0 Å². The number of carbonyl (C=O) groups is 2. The molecule has 3 heterocycles. The van der Waals surface area contributed by atoms with Gasteiger partial charge < -0.3 is 10.2 Å². The Morgan fingerprint density at radius 3 is 2.57 bits per heavy atom. The molecule has 7 heteroatoms. The predicted molar refractivity (Wildman–Crippen MR) is 90.3 cm³/mol. The first kappa shape index (κ1) is 16.4. The van der Waals surface area contributed by atoms with Crippen molar-refractivity contribution in [2.24, 2.45) is 5.92 Å². The van der Waals surface area contributed by atoms with Gasteiger partial charge in [0.2, 0.25) is 11.8 Å². The zero-order valence-corrected chi connectivity index (χ0v) is 14.3. The van der Waals surface area contributed by atoms with E-state index in [4.69, 9.17) is 0 Å². The Morgan fingerprint density at radius 1 is 1.26 bits per heavy atom. The van der Waals surface area contributed by atoms with Gasteiger partial charge in [-0.05, 0) is 45.7 Å². The summed E-state index contributed by atoms with van der Waals surface area (Å²) in [5, 5.41) is 5.39. The molecule has 2 saturated heterocycles. The van der Waals surface area contributed by atoms with Crippen LogP contribution in [-0.4, -0.2) is 58.8 Å². The van der Waals surface area contributed by atoms with Crippen LogP contribution in [0.2, 0.25) is 0 Å². The molecule has 1 unspecified atom stereocenters. The van der Waals surface area contributed by atoms with E-state index >= 15 is 0 Å². The number of hydrogen-bond acceptors (Lipinski definition) is 5. The first-order chi connectivity index (χ1) is 11.1. The third kappa shape index (κ3) is 3.90. The molecule has 1 N–H and O–H groups in total. The SMILES string of the molecule is CC(C(=O)N1CCCC1)N1CCC(C(=O)Nc2nccs2)CC1. The number of carbonyl (C=O) groups excluding carboxylic acids is 2. The van der Waals surface area contributed by atoms with Gasteiger partial charge in [-0.15, -0.1) is 11.3 Å². The monoisotopic (exact) mass is 336 g/mol. The topological polar surface area (TPSA) is 65.5 Å². The summed E-state index contributed by atoms with van der Waals surface area (Å²) in [5.41, 5.74) is 0. The molecule has 1 aromatic rings. The molecule has 0 bridgehead atoms. The van der Waals surface area contributed by atoms with Gasteiger partial charge in [0.1, 0.15) is 0 Å².